The lowest BCUT2D eigenvalue weighted by atomic mass is 10.0. The van der Waals surface area contributed by atoms with Crippen LogP contribution >= 0.6 is 55.0 Å². The number of aromatic nitrogens is 1. The molecule has 0 saturated carbocycles. The van der Waals surface area contributed by atoms with Crippen molar-refractivity contribution >= 4 is 71.9 Å². The van der Waals surface area contributed by atoms with Crippen LogP contribution in [0.3, 0.4) is 0 Å². The lowest BCUT2D eigenvalue weighted by Crippen LogP contribution is -2.11. The van der Waals surface area contributed by atoms with Gasteiger partial charge in [0.25, 0.3) is 0 Å². The van der Waals surface area contributed by atoms with Crippen molar-refractivity contribution in [3.05, 3.63) is 48.1 Å². The van der Waals surface area contributed by atoms with Crippen molar-refractivity contribution < 1.29 is 9.90 Å². The maximum atomic E-state index is 12.5. The van der Waals surface area contributed by atoms with Gasteiger partial charge in [0.05, 0.1) is 14.4 Å². The van der Waals surface area contributed by atoms with Crippen molar-refractivity contribution in [2.75, 3.05) is 0 Å². The van der Waals surface area contributed by atoms with Crippen LogP contribution in [0.15, 0.2) is 37.6 Å². The van der Waals surface area contributed by atoms with E-state index >= 15 is 0 Å². The first-order chi connectivity index (χ1) is 10.5. The summed E-state index contributed by atoms with van der Waals surface area (Å²) in [5, 5.41) is 20.8. The molecule has 2 heterocycles. The minimum Gasteiger partial charge on any atom is -0.506 e. The zero-order valence-corrected chi connectivity index (χ0v) is 15.6. The topological polar surface area (TPSA) is 74.0 Å². The molecule has 3 rings (SSSR count). The summed E-state index contributed by atoms with van der Waals surface area (Å²) in [7, 11) is 0. The van der Waals surface area contributed by atoms with E-state index in [0.717, 1.165) is 16.2 Å². The average Bonchev–Trinajstić information content (AvgIpc) is 3.05. The molecule has 2 aromatic rings. The lowest BCUT2D eigenvalue weighted by Gasteiger charge is -2.04. The van der Waals surface area contributed by atoms with Gasteiger partial charge in [-0.3, -0.25) is 10.2 Å². The van der Waals surface area contributed by atoms with Crippen molar-refractivity contribution in [3.63, 3.8) is 0 Å². The molecule has 8 heteroatoms. The molecule has 1 saturated heterocycles. The standard InChI is InChI=1S/C14H8Br2N2O2S2/c15-7-3-6(11(19)8(16)5-7)4-9-12(20)10(13(17)22-9)14-18-1-2-21-14/h1-5,10,17,19H/b9-4-,17-13?/t10-/m0/s1. The second kappa shape index (κ2) is 6.27. The Kier molecular flexibility index (Phi) is 4.54. The smallest absolute Gasteiger partial charge is 0.186 e. The van der Waals surface area contributed by atoms with E-state index in [1.165, 1.54) is 11.3 Å². The Hall–Kier alpha value is -0.960. The highest BCUT2D eigenvalue weighted by molar-refractivity contribution is 9.11. The van der Waals surface area contributed by atoms with Crippen LogP contribution in [-0.4, -0.2) is 20.9 Å². The molecule has 1 fully saturated rings. The second-order valence-corrected chi connectivity index (χ2v) is 8.25. The minimum absolute atomic E-state index is 0.0633. The van der Waals surface area contributed by atoms with E-state index in [2.05, 4.69) is 36.8 Å². The minimum atomic E-state index is -0.617. The molecule has 1 aromatic carbocycles. The van der Waals surface area contributed by atoms with Crippen LogP contribution in [0.25, 0.3) is 6.08 Å². The number of carbonyl (C=O) groups is 1. The molecule has 1 aliphatic heterocycles. The number of aromatic hydroxyl groups is 1. The Morgan fingerprint density at radius 2 is 2.14 bits per heavy atom. The number of hydrogen-bond acceptors (Lipinski definition) is 6. The fourth-order valence-electron chi connectivity index (χ4n) is 2.03. The summed E-state index contributed by atoms with van der Waals surface area (Å²) >= 11 is 9.10. The number of ketones is 1. The van der Waals surface area contributed by atoms with Crippen LogP contribution in [0.4, 0.5) is 0 Å². The Morgan fingerprint density at radius 3 is 2.82 bits per heavy atom. The number of rotatable bonds is 2. The average molecular weight is 460 g/mol. The normalized spacial score (nSPS) is 20.1. The number of nitrogens with one attached hydrogen (secondary N) is 1. The molecule has 0 unspecified atom stereocenters. The van der Waals surface area contributed by atoms with Gasteiger partial charge in [0.2, 0.25) is 0 Å². The number of thioether (sulfide) groups is 1. The van der Waals surface area contributed by atoms with Crippen molar-refractivity contribution in [1.29, 1.82) is 5.41 Å². The fourth-order valence-corrected chi connectivity index (χ4v) is 5.08. The summed E-state index contributed by atoms with van der Waals surface area (Å²) in [6.07, 6.45) is 3.24. The number of carbonyl (C=O) groups excluding carboxylic acids is 1. The fraction of sp³-hybridized carbons (Fsp3) is 0.0714. The third-order valence-electron chi connectivity index (χ3n) is 3.03. The van der Waals surface area contributed by atoms with Gasteiger partial charge in [-0.15, -0.1) is 11.3 Å². The predicted octanol–water partition coefficient (Wildman–Crippen LogP) is 4.79. The molecule has 112 valence electrons. The number of hydrogen-bond donors (Lipinski definition) is 2. The molecule has 1 aromatic heterocycles. The van der Waals surface area contributed by atoms with Crippen LogP contribution in [0.1, 0.15) is 16.5 Å². The lowest BCUT2D eigenvalue weighted by molar-refractivity contribution is -0.114. The number of halogens is 2. The van der Waals surface area contributed by atoms with Gasteiger partial charge in [-0.25, -0.2) is 4.98 Å². The van der Waals surface area contributed by atoms with Crippen LogP contribution < -0.4 is 0 Å². The van der Waals surface area contributed by atoms with E-state index in [0.29, 0.717) is 19.9 Å². The SMILES string of the molecule is N=C1S/C(=C\c2cc(Br)cc(Br)c2O)C(=O)[C@@H]1c1nccs1. The number of thiazole rings is 1. The van der Waals surface area contributed by atoms with E-state index in [-0.39, 0.29) is 16.6 Å². The van der Waals surface area contributed by atoms with Gasteiger partial charge in [-0.05, 0) is 34.1 Å². The van der Waals surface area contributed by atoms with Crippen molar-refractivity contribution in [1.82, 2.24) is 4.98 Å². The van der Waals surface area contributed by atoms with E-state index in [9.17, 15) is 9.90 Å². The molecule has 0 radical (unpaired) electrons. The molecular formula is C14H8Br2N2O2S2. The monoisotopic (exact) mass is 458 g/mol. The Morgan fingerprint density at radius 1 is 1.36 bits per heavy atom. The quantitative estimate of drug-likeness (QED) is 0.633. The van der Waals surface area contributed by atoms with E-state index in [1.807, 2.05) is 0 Å². The summed E-state index contributed by atoms with van der Waals surface area (Å²) in [5.74, 6) is -0.706. The number of nitrogens with zero attached hydrogens (tertiary/aromatic N) is 1. The van der Waals surface area contributed by atoms with Gasteiger partial charge in [0.1, 0.15) is 16.7 Å². The van der Waals surface area contributed by atoms with Crippen LogP contribution in [0.2, 0.25) is 0 Å². The second-order valence-electron chi connectivity index (χ2n) is 4.47. The molecule has 0 aliphatic carbocycles. The van der Waals surface area contributed by atoms with E-state index in [4.69, 9.17) is 5.41 Å². The summed E-state index contributed by atoms with van der Waals surface area (Å²) in [6, 6.07) is 3.45. The number of allylic oxidation sites excluding steroid dienone is 1. The summed E-state index contributed by atoms with van der Waals surface area (Å²) in [6.45, 7) is 0. The van der Waals surface area contributed by atoms with Crippen molar-refractivity contribution in [2.24, 2.45) is 0 Å². The first-order valence-electron chi connectivity index (χ1n) is 6.07. The first-order valence-corrected chi connectivity index (χ1v) is 9.35. The Bertz CT molecular complexity index is 803. The highest BCUT2D eigenvalue weighted by Crippen LogP contribution is 2.42. The third-order valence-corrected chi connectivity index (χ3v) is 5.93. The highest BCUT2D eigenvalue weighted by atomic mass is 79.9. The van der Waals surface area contributed by atoms with E-state index in [1.54, 1.807) is 29.8 Å². The highest BCUT2D eigenvalue weighted by Gasteiger charge is 2.38. The molecule has 1 atom stereocenters. The zero-order valence-electron chi connectivity index (χ0n) is 10.8. The molecular weight excluding hydrogens is 452 g/mol. The Balaban J connectivity index is 2.00. The third kappa shape index (κ3) is 2.92. The Labute approximate surface area is 151 Å². The van der Waals surface area contributed by atoms with Crippen LogP contribution in [-0.2, 0) is 4.79 Å². The molecule has 2 N–H and O–H groups in total. The van der Waals surface area contributed by atoms with Crippen molar-refractivity contribution in [2.45, 2.75) is 5.92 Å². The van der Waals surface area contributed by atoms with Gasteiger partial charge >= 0.3 is 0 Å². The molecule has 0 amide bonds. The summed E-state index contributed by atoms with van der Waals surface area (Å²) < 4.78 is 1.32. The predicted molar refractivity (Wildman–Crippen MR) is 96.7 cm³/mol. The number of phenols is 1. The molecule has 0 spiro atoms. The number of benzene rings is 1. The molecule has 0 bridgehead atoms. The van der Waals surface area contributed by atoms with Gasteiger partial charge in [0.15, 0.2) is 5.78 Å². The number of Topliss-reactive ketones (excluding diaryl/α,β-unsaturated/α-hetero) is 1. The van der Waals surface area contributed by atoms with E-state index < -0.39 is 5.92 Å². The number of phenolic OH excluding ortho intramolecular Hbond substituents is 1. The van der Waals surface area contributed by atoms with Gasteiger partial charge in [0, 0.05) is 21.6 Å². The van der Waals surface area contributed by atoms with Gasteiger partial charge < -0.3 is 5.11 Å². The molecule has 1 aliphatic rings. The largest absolute Gasteiger partial charge is 0.506 e. The van der Waals surface area contributed by atoms with Crippen molar-refractivity contribution in [3.8, 4) is 5.75 Å². The van der Waals surface area contributed by atoms with Gasteiger partial charge in [-0.2, -0.15) is 0 Å². The maximum absolute atomic E-state index is 12.5. The van der Waals surface area contributed by atoms with Crippen LogP contribution in [0.5, 0.6) is 5.75 Å². The van der Waals surface area contributed by atoms with Gasteiger partial charge in [-0.1, -0.05) is 27.7 Å². The maximum Gasteiger partial charge on any atom is 0.186 e. The summed E-state index contributed by atoms with van der Waals surface area (Å²) in [4.78, 5) is 17.1. The molecule has 22 heavy (non-hydrogen) atoms. The summed E-state index contributed by atoms with van der Waals surface area (Å²) in [5.41, 5.74) is 0.518. The first kappa shape index (κ1) is 15.9. The molecule has 4 nitrogen and oxygen atoms in total. The van der Waals surface area contributed by atoms with Crippen LogP contribution in [0, 0.1) is 5.41 Å². The zero-order chi connectivity index (χ0) is 15.9.